The van der Waals surface area contributed by atoms with Crippen molar-refractivity contribution in [3.05, 3.63) is 65.9 Å². The maximum Gasteiger partial charge on any atom is 0.225 e. The SMILES string of the molecule is COc1ccc(OC)c2nc(N(C)C)c(CN(Cc3ccco3)C(=O)CCn3ccc(C)n3)cc12. The highest BCUT2D eigenvalue weighted by molar-refractivity contribution is 5.92. The number of furan rings is 1. The largest absolute Gasteiger partial charge is 0.496 e. The van der Waals surface area contributed by atoms with Crippen molar-refractivity contribution < 1.29 is 18.7 Å². The fraction of sp³-hybridized carbons (Fsp3) is 0.346. The van der Waals surface area contributed by atoms with Crippen LogP contribution in [0.5, 0.6) is 11.5 Å². The quantitative estimate of drug-likeness (QED) is 0.341. The van der Waals surface area contributed by atoms with Crippen LogP contribution in [-0.2, 0) is 24.4 Å². The van der Waals surface area contributed by atoms with E-state index in [1.165, 1.54) is 0 Å². The van der Waals surface area contributed by atoms with Crippen LogP contribution in [0.1, 0.15) is 23.4 Å². The number of carbonyl (C=O) groups excluding carboxylic acids is 1. The second kappa shape index (κ2) is 10.5. The number of carbonyl (C=O) groups is 1. The molecule has 3 heterocycles. The van der Waals surface area contributed by atoms with Crippen LogP contribution < -0.4 is 14.4 Å². The third-order valence-electron chi connectivity index (χ3n) is 5.80. The summed E-state index contributed by atoms with van der Waals surface area (Å²) in [6, 6.07) is 11.4. The van der Waals surface area contributed by atoms with E-state index in [-0.39, 0.29) is 5.91 Å². The first-order valence-electron chi connectivity index (χ1n) is 11.4. The van der Waals surface area contributed by atoms with Crippen LogP contribution in [0.2, 0.25) is 0 Å². The molecule has 0 aliphatic rings. The van der Waals surface area contributed by atoms with E-state index in [0.717, 1.165) is 22.5 Å². The summed E-state index contributed by atoms with van der Waals surface area (Å²) in [6.45, 7) is 3.14. The van der Waals surface area contributed by atoms with Gasteiger partial charge in [0.2, 0.25) is 5.91 Å². The summed E-state index contributed by atoms with van der Waals surface area (Å²) < 4.78 is 18.5. The minimum atomic E-state index is -0.00281. The summed E-state index contributed by atoms with van der Waals surface area (Å²) in [5.74, 6) is 2.82. The maximum atomic E-state index is 13.4. The molecule has 0 spiro atoms. The van der Waals surface area contributed by atoms with E-state index < -0.39 is 0 Å². The number of anilines is 1. The lowest BCUT2D eigenvalue weighted by atomic mass is 10.1. The summed E-state index contributed by atoms with van der Waals surface area (Å²) >= 11 is 0. The molecular formula is C26H31N5O4. The number of hydrogen-bond donors (Lipinski definition) is 0. The fourth-order valence-corrected chi connectivity index (χ4v) is 4.07. The van der Waals surface area contributed by atoms with E-state index in [1.807, 2.05) is 68.5 Å². The van der Waals surface area contributed by atoms with Crippen LogP contribution in [0.15, 0.2) is 53.3 Å². The zero-order chi connectivity index (χ0) is 24.9. The van der Waals surface area contributed by atoms with E-state index in [1.54, 1.807) is 30.1 Å². The molecule has 0 saturated carbocycles. The Morgan fingerprint density at radius 2 is 1.86 bits per heavy atom. The summed E-state index contributed by atoms with van der Waals surface area (Å²) in [5.41, 5.74) is 2.52. The van der Waals surface area contributed by atoms with Crippen molar-refractivity contribution in [1.29, 1.82) is 0 Å². The average Bonchev–Trinajstić information content (AvgIpc) is 3.52. The molecule has 0 fully saturated rings. The molecule has 3 aromatic heterocycles. The molecule has 0 unspecified atom stereocenters. The molecule has 35 heavy (non-hydrogen) atoms. The van der Waals surface area contributed by atoms with Gasteiger partial charge in [0.1, 0.15) is 28.6 Å². The molecule has 9 nitrogen and oxygen atoms in total. The van der Waals surface area contributed by atoms with Crippen molar-refractivity contribution in [3.63, 3.8) is 0 Å². The third-order valence-corrected chi connectivity index (χ3v) is 5.80. The molecule has 4 aromatic rings. The van der Waals surface area contributed by atoms with Gasteiger partial charge in [-0.2, -0.15) is 5.10 Å². The molecule has 0 N–H and O–H groups in total. The van der Waals surface area contributed by atoms with E-state index in [4.69, 9.17) is 18.9 Å². The standard InChI is InChI=1S/C26H31N5O4/c1-18-10-12-31(28-18)13-11-24(32)30(17-20-7-6-14-35-20)16-19-15-21-22(33-4)8-9-23(34-5)25(21)27-26(19)29(2)3/h6-10,12,14-15H,11,13,16-17H2,1-5H3. The molecule has 0 aliphatic heterocycles. The molecular weight excluding hydrogens is 446 g/mol. The number of benzene rings is 1. The number of nitrogens with zero attached hydrogens (tertiary/aromatic N) is 5. The maximum absolute atomic E-state index is 13.4. The summed E-state index contributed by atoms with van der Waals surface area (Å²) in [6.07, 6.45) is 3.82. The topological polar surface area (TPSA) is 85.9 Å². The Labute approximate surface area is 204 Å². The number of fused-ring (bicyclic) bond motifs is 1. The van der Waals surface area contributed by atoms with Gasteiger partial charge in [-0.1, -0.05) is 0 Å². The Morgan fingerprint density at radius 3 is 2.49 bits per heavy atom. The number of aryl methyl sites for hydroxylation is 2. The van der Waals surface area contributed by atoms with Crippen molar-refractivity contribution >= 4 is 22.6 Å². The van der Waals surface area contributed by atoms with Crippen LogP contribution in [0.3, 0.4) is 0 Å². The van der Waals surface area contributed by atoms with Gasteiger partial charge >= 0.3 is 0 Å². The summed E-state index contributed by atoms with van der Waals surface area (Å²) in [7, 11) is 7.12. The lowest BCUT2D eigenvalue weighted by Crippen LogP contribution is -2.31. The monoisotopic (exact) mass is 477 g/mol. The first kappa shape index (κ1) is 24.1. The van der Waals surface area contributed by atoms with E-state index in [2.05, 4.69) is 5.10 Å². The van der Waals surface area contributed by atoms with Crippen molar-refractivity contribution in [2.24, 2.45) is 0 Å². The van der Waals surface area contributed by atoms with Crippen LogP contribution in [0, 0.1) is 6.92 Å². The molecule has 4 rings (SSSR count). The normalized spacial score (nSPS) is 11.0. The number of aromatic nitrogens is 3. The van der Waals surface area contributed by atoms with E-state index >= 15 is 0 Å². The van der Waals surface area contributed by atoms with Crippen molar-refractivity contribution in [3.8, 4) is 11.5 Å². The van der Waals surface area contributed by atoms with Gasteiger partial charge < -0.3 is 23.7 Å². The molecule has 184 valence electrons. The lowest BCUT2D eigenvalue weighted by Gasteiger charge is -2.25. The van der Waals surface area contributed by atoms with Gasteiger partial charge in [0.15, 0.2) is 0 Å². The number of methoxy groups -OCH3 is 2. The number of amides is 1. The minimum Gasteiger partial charge on any atom is -0.496 e. The molecule has 1 amide bonds. The molecule has 0 radical (unpaired) electrons. The minimum absolute atomic E-state index is 0.00281. The Bertz CT molecular complexity index is 1300. The first-order valence-corrected chi connectivity index (χ1v) is 11.4. The predicted molar refractivity (Wildman–Crippen MR) is 134 cm³/mol. The Hall–Kier alpha value is -4.01. The number of rotatable bonds is 10. The van der Waals surface area contributed by atoms with Gasteiger partial charge in [0, 0.05) is 50.8 Å². The summed E-state index contributed by atoms with van der Waals surface area (Å²) in [4.78, 5) is 22.0. The van der Waals surface area contributed by atoms with Gasteiger partial charge in [-0.15, -0.1) is 0 Å². The lowest BCUT2D eigenvalue weighted by molar-refractivity contribution is -0.133. The fourth-order valence-electron chi connectivity index (χ4n) is 4.07. The van der Waals surface area contributed by atoms with Crippen LogP contribution in [0.4, 0.5) is 5.82 Å². The highest BCUT2D eigenvalue weighted by atomic mass is 16.5. The van der Waals surface area contributed by atoms with Crippen LogP contribution >= 0.6 is 0 Å². The highest BCUT2D eigenvalue weighted by Crippen LogP contribution is 2.35. The molecule has 0 aliphatic carbocycles. The zero-order valence-corrected chi connectivity index (χ0v) is 20.8. The average molecular weight is 478 g/mol. The van der Waals surface area contributed by atoms with E-state index in [9.17, 15) is 4.79 Å². The van der Waals surface area contributed by atoms with Gasteiger partial charge in [-0.3, -0.25) is 9.48 Å². The number of ether oxygens (including phenoxy) is 2. The molecule has 0 saturated heterocycles. The molecule has 9 heteroatoms. The van der Waals surface area contributed by atoms with Gasteiger partial charge in [-0.25, -0.2) is 4.98 Å². The molecule has 0 atom stereocenters. The smallest absolute Gasteiger partial charge is 0.225 e. The number of hydrogen-bond acceptors (Lipinski definition) is 7. The third kappa shape index (κ3) is 5.40. The van der Waals surface area contributed by atoms with E-state index in [0.29, 0.717) is 48.8 Å². The zero-order valence-electron chi connectivity index (χ0n) is 20.8. The summed E-state index contributed by atoms with van der Waals surface area (Å²) in [5, 5.41) is 5.22. The Morgan fingerprint density at radius 1 is 1.09 bits per heavy atom. The second-order valence-corrected chi connectivity index (χ2v) is 8.53. The highest BCUT2D eigenvalue weighted by Gasteiger charge is 2.21. The van der Waals surface area contributed by atoms with Gasteiger partial charge in [0.05, 0.1) is 32.7 Å². The Kier molecular flexibility index (Phi) is 7.24. The van der Waals surface area contributed by atoms with Crippen molar-refractivity contribution in [2.45, 2.75) is 33.0 Å². The molecule has 0 bridgehead atoms. The van der Waals surface area contributed by atoms with Gasteiger partial charge in [-0.05, 0) is 43.3 Å². The predicted octanol–water partition coefficient (Wildman–Crippen LogP) is 4.04. The Balaban J connectivity index is 1.69. The van der Waals surface area contributed by atoms with Crippen LogP contribution in [-0.4, -0.2) is 53.9 Å². The second-order valence-electron chi connectivity index (χ2n) is 8.53. The van der Waals surface area contributed by atoms with Crippen molar-refractivity contribution in [1.82, 2.24) is 19.7 Å². The first-order chi connectivity index (χ1) is 16.9. The van der Waals surface area contributed by atoms with Crippen molar-refractivity contribution in [2.75, 3.05) is 33.2 Å². The van der Waals surface area contributed by atoms with Gasteiger partial charge in [0.25, 0.3) is 0 Å². The molecule has 1 aromatic carbocycles. The number of pyridine rings is 1. The van der Waals surface area contributed by atoms with Crippen LogP contribution in [0.25, 0.3) is 10.9 Å².